The number of amides is 1. The largest absolute Gasteiger partial charge is 0.492 e. The van der Waals surface area contributed by atoms with E-state index in [1.807, 2.05) is 65.6 Å². The van der Waals surface area contributed by atoms with Gasteiger partial charge in [-0.15, -0.1) is 0 Å². The van der Waals surface area contributed by atoms with Gasteiger partial charge in [0.15, 0.2) is 0 Å². The number of fused-ring (bicyclic) bond motifs is 1. The Morgan fingerprint density at radius 2 is 1.86 bits per heavy atom. The van der Waals surface area contributed by atoms with Gasteiger partial charge in [0.1, 0.15) is 18.1 Å². The highest BCUT2D eigenvalue weighted by Crippen LogP contribution is 2.20. The zero-order chi connectivity index (χ0) is 23.9. The Kier molecular flexibility index (Phi) is 7.88. The topological polar surface area (TPSA) is 64.1 Å². The Morgan fingerprint density at radius 1 is 1.03 bits per heavy atom. The lowest BCUT2D eigenvalue weighted by molar-refractivity contribution is 0.0322. The lowest BCUT2D eigenvalue weighted by Crippen LogP contribution is -2.38. The second-order valence-corrected chi connectivity index (χ2v) is 9.16. The van der Waals surface area contributed by atoms with Crippen molar-refractivity contribution in [2.45, 2.75) is 25.5 Å². The van der Waals surface area contributed by atoms with Crippen LogP contribution in [0.15, 0.2) is 60.7 Å². The van der Waals surface area contributed by atoms with Crippen molar-refractivity contribution >= 4 is 16.8 Å². The third-order valence-electron chi connectivity index (χ3n) is 6.63. The van der Waals surface area contributed by atoms with Crippen LogP contribution in [0.5, 0.6) is 5.75 Å². The number of benzene rings is 2. The summed E-state index contributed by atoms with van der Waals surface area (Å²) in [6, 6.07) is 19.7. The molecule has 0 aliphatic carbocycles. The summed E-state index contributed by atoms with van der Waals surface area (Å²) in [5, 5.41) is 1.03. The summed E-state index contributed by atoms with van der Waals surface area (Å²) in [6.45, 7) is 6.88. The van der Waals surface area contributed by atoms with E-state index in [4.69, 9.17) is 14.2 Å². The molecular formula is C28H33N3O4. The van der Waals surface area contributed by atoms with Crippen molar-refractivity contribution in [3.63, 3.8) is 0 Å². The third kappa shape index (κ3) is 6.36. The van der Waals surface area contributed by atoms with Gasteiger partial charge in [-0.25, -0.2) is 4.98 Å². The molecule has 0 radical (unpaired) electrons. The second kappa shape index (κ2) is 11.6. The maximum Gasteiger partial charge on any atom is 0.272 e. The number of hydrogen-bond donors (Lipinski definition) is 0. The molecule has 3 aromatic rings. The summed E-state index contributed by atoms with van der Waals surface area (Å²) < 4.78 is 17.2. The number of aromatic nitrogens is 1. The molecule has 0 spiro atoms. The molecule has 5 rings (SSSR count). The lowest BCUT2D eigenvalue weighted by atomic mass is 10.1. The molecule has 35 heavy (non-hydrogen) atoms. The van der Waals surface area contributed by atoms with Crippen LogP contribution in [0, 0.1) is 0 Å². The third-order valence-corrected chi connectivity index (χ3v) is 6.63. The summed E-state index contributed by atoms with van der Waals surface area (Å²) >= 11 is 0. The molecule has 0 saturated carbocycles. The first-order valence-corrected chi connectivity index (χ1v) is 12.5. The standard InChI is InChI=1S/C28H33N3O4/c32-28(27-12-9-23-4-1-2-6-26(23)29-27)31(21-25-5-3-16-34-25)20-22-7-10-24(11-8-22)35-19-15-30-13-17-33-18-14-30/h1-2,4,6-12,25H,3,5,13-21H2. The quantitative estimate of drug-likeness (QED) is 0.470. The fraction of sp³-hybridized carbons (Fsp3) is 0.429. The van der Waals surface area contributed by atoms with E-state index in [1.54, 1.807) is 0 Å². The average molecular weight is 476 g/mol. The van der Waals surface area contributed by atoms with E-state index in [-0.39, 0.29) is 12.0 Å². The van der Waals surface area contributed by atoms with Gasteiger partial charge in [0.25, 0.3) is 5.91 Å². The van der Waals surface area contributed by atoms with Crippen LogP contribution < -0.4 is 4.74 Å². The summed E-state index contributed by atoms with van der Waals surface area (Å²) in [6.07, 6.45) is 2.09. The van der Waals surface area contributed by atoms with E-state index < -0.39 is 0 Å². The minimum atomic E-state index is -0.0721. The highest BCUT2D eigenvalue weighted by atomic mass is 16.5. The van der Waals surface area contributed by atoms with Crippen LogP contribution in [0.1, 0.15) is 28.9 Å². The number of hydrogen-bond acceptors (Lipinski definition) is 6. The minimum absolute atomic E-state index is 0.0715. The van der Waals surface area contributed by atoms with Crippen molar-refractivity contribution in [1.82, 2.24) is 14.8 Å². The van der Waals surface area contributed by atoms with E-state index in [0.717, 1.165) is 74.5 Å². The maximum atomic E-state index is 13.5. The van der Waals surface area contributed by atoms with Crippen molar-refractivity contribution in [1.29, 1.82) is 0 Å². The zero-order valence-electron chi connectivity index (χ0n) is 20.1. The van der Waals surface area contributed by atoms with Crippen molar-refractivity contribution < 1.29 is 19.0 Å². The van der Waals surface area contributed by atoms with Gasteiger partial charge in [-0.2, -0.15) is 0 Å². The van der Waals surface area contributed by atoms with Crippen molar-refractivity contribution in [2.24, 2.45) is 0 Å². The Labute approximate surface area is 206 Å². The number of carbonyl (C=O) groups excluding carboxylic acids is 1. The van der Waals surface area contributed by atoms with E-state index in [0.29, 0.717) is 25.4 Å². The average Bonchev–Trinajstić information content (AvgIpc) is 3.42. The van der Waals surface area contributed by atoms with Gasteiger partial charge in [-0.3, -0.25) is 9.69 Å². The second-order valence-electron chi connectivity index (χ2n) is 9.16. The van der Waals surface area contributed by atoms with Gasteiger partial charge in [-0.05, 0) is 42.7 Å². The maximum absolute atomic E-state index is 13.5. The Bertz CT molecular complexity index is 1110. The minimum Gasteiger partial charge on any atom is -0.492 e. The van der Waals surface area contributed by atoms with E-state index in [2.05, 4.69) is 9.88 Å². The van der Waals surface area contributed by atoms with Crippen LogP contribution in [-0.2, 0) is 16.0 Å². The summed E-state index contributed by atoms with van der Waals surface area (Å²) in [7, 11) is 0. The molecule has 7 nitrogen and oxygen atoms in total. The van der Waals surface area contributed by atoms with Gasteiger partial charge in [0.2, 0.25) is 0 Å². The molecule has 1 aromatic heterocycles. The number of para-hydroxylation sites is 1. The molecule has 1 atom stereocenters. The number of nitrogens with zero attached hydrogens (tertiary/aromatic N) is 3. The number of morpholine rings is 1. The number of pyridine rings is 1. The molecule has 0 N–H and O–H groups in total. The normalized spacial score (nSPS) is 18.6. The summed E-state index contributed by atoms with van der Waals surface area (Å²) in [5.41, 5.74) is 2.34. The molecule has 7 heteroatoms. The highest BCUT2D eigenvalue weighted by molar-refractivity contribution is 5.94. The predicted octanol–water partition coefficient (Wildman–Crippen LogP) is 3.77. The number of carbonyl (C=O) groups is 1. The van der Waals surface area contributed by atoms with Gasteiger partial charge in [0.05, 0.1) is 24.8 Å². The van der Waals surface area contributed by atoms with Gasteiger partial charge >= 0.3 is 0 Å². The van der Waals surface area contributed by atoms with E-state index >= 15 is 0 Å². The Morgan fingerprint density at radius 3 is 2.66 bits per heavy atom. The van der Waals surface area contributed by atoms with Crippen LogP contribution in [0.3, 0.4) is 0 Å². The first kappa shape index (κ1) is 23.7. The highest BCUT2D eigenvalue weighted by Gasteiger charge is 2.24. The smallest absolute Gasteiger partial charge is 0.272 e. The summed E-state index contributed by atoms with van der Waals surface area (Å²) in [4.78, 5) is 22.4. The van der Waals surface area contributed by atoms with Crippen molar-refractivity contribution in [2.75, 3.05) is 52.6 Å². The molecular weight excluding hydrogens is 442 g/mol. The van der Waals surface area contributed by atoms with Crippen LogP contribution in [0.2, 0.25) is 0 Å². The van der Waals surface area contributed by atoms with Crippen LogP contribution >= 0.6 is 0 Å². The fourth-order valence-corrected chi connectivity index (χ4v) is 4.63. The lowest BCUT2D eigenvalue weighted by Gasteiger charge is -2.26. The first-order chi connectivity index (χ1) is 17.2. The van der Waals surface area contributed by atoms with Crippen molar-refractivity contribution in [3.8, 4) is 5.75 Å². The Hall–Kier alpha value is -3.00. The first-order valence-electron chi connectivity index (χ1n) is 12.5. The molecule has 0 bridgehead atoms. The number of rotatable bonds is 9. The molecule has 3 heterocycles. The van der Waals surface area contributed by atoms with Crippen LogP contribution in [0.4, 0.5) is 0 Å². The molecule has 1 amide bonds. The van der Waals surface area contributed by atoms with E-state index in [1.165, 1.54) is 0 Å². The predicted molar refractivity (Wildman–Crippen MR) is 135 cm³/mol. The molecule has 184 valence electrons. The Balaban J connectivity index is 1.24. The zero-order valence-corrected chi connectivity index (χ0v) is 20.1. The molecule has 2 saturated heterocycles. The monoisotopic (exact) mass is 475 g/mol. The summed E-state index contributed by atoms with van der Waals surface area (Å²) in [5.74, 6) is 0.771. The molecule has 2 aliphatic heterocycles. The van der Waals surface area contributed by atoms with Gasteiger partial charge < -0.3 is 19.1 Å². The van der Waals surface area contributed by atoms with Crippen LogP contribution in [-0.4, -0.2) is 79.4 Å². The molecule has 1 unspecified atom stereocenters. The van der Waals surface area contributed by atoms with E-state index in [9.17, 15) is 4.79 Å². The van der Waals surface area contributed by atoms with Crippen molar-refractivity contribution in [3.05, 3.63) is 71.9 Å². The molecule has 2 aromatic carbocycles. The van der Waals surface area contributed by atoms with Crippen LogP contribution in [0.25, 0.3) is 10.9 Å². The van der Waals surface area contributed by atoms with Gasteiger partial charge in [-0.1, -0.05) is 36.4 Å². The number of ether oxygens (including phenoxy) is 3. The molecule has 2 fully saturated rings. The SMILES string of the molecule is O=C(c1ccc2ccccc2n1)N(Cc1ccc(OCCN2CCOCC2)cc1)CC1CCCO1. The molecule has 2 aliphatic rings. The fourth-order valence-electron chi connectivity index (χ4n) is 4.63. The van der Waals surface area contributed by atoms with Gasteiger partial charge in [0, 0.05) is 44.7 Å².